The summed E-state index contributed by atoms with van der Waals surface area (Å²) in [6, 6.07) is 14.1. The Kier molecular flexibility index (Phi) is 7.53. The number of rotatable bonds is 9. The molecule has 7 heteroatoms. The molecule has 0 N–H and O–H groups in total. The molecule has 6 nitrogen and oxygen atoms in total. The Morgan fingerprint density at radius 3 is 2.39 bits per heavy atom. The Morgan fingerprint density at radius 2 is 1.72 bits per heavy atom. The molecule has 0 saturated carbocycles. The molecule has 2 aromatic carbocycles. The van der Waals surface area contributed by atoms with Crippen molar-refractivity contribution in [2.24, 2.45) is 5.92 Å². The second-order valence-electron chi connectivity index (χ2n) is 11.0. The third-order valence-corrected chi connectivity index (χ3v) is 6.92. The molecular formula is C29H37BO6. The Bertz CT molecular complexity index is 1210. The van der Waals surface area contributed by atoms with Crippen LogP contribution in [0.25, 0.3) is 11.0 Å². The highest BCUT2D eigenvalue weighted by Gasteiger charge is 2.52. The molecule has 0 bridgehead atoms. The number of ether oxygens (including phenoxy) is 2. The van der Waals surface area contributed by atoms with Crippen LogP contribution in [-0.4, -0.2) is 30.9 Å². The highest BCUT2D eigenvalue weighted by Crippen LogP contribution is 2.37. The molecular weight excluding hydrogens is 455 g/mol. The molecule has 1 saturated heterocycles. The molecule has 4 rings (SSSR count). The van der Waals surface area contributed by atoms with Gasteiger partial charge in [0.25, 0.3) is 0 Å². The number of para-hydroxylation sites is 1. The minimum Gasteiger partial charge on any atom is -0.489 e. The van der Waals surface area contributed by atoms with Crippen LogP contribution in [0.4, 0.5) is 0 Å². The summed E-state index contributed by atoms with van der Waals surface area (Å²) in [5.41, 5.74) is 2.76. The first kappa shape index (κ1) is 26.3. The number of benzene rings is 2. The van der Waals surface area contributed by atoms with Gasteiger partial charge in [0.15, 0.2) is 0 Å². The first-order chi connectivity index (χ1) is 16.9. The minimum absolute atomic E-state index is 0.283. The van der Waals surface area contributed by atoms with Gasteiger partial charge in [-0.25, -0.2) is 0 Å². The van der Waals surface area contributed by atoms with E-state index in [1.165, 1.54) is 6.92 Å². The van der Waals surface area contributed by atoms with Crippen molar-refractivity contribution in [2.45, 2.75) is 79.1 Å². The number of hydrogen-bond acceptors (Lipinski definition) is 6. The van der Waals surface area contributed by atoms with Crippen LogP contribution in [-0.2, 0) is 38.3 Å². The molecule has 1 aromatic heterocycles. The lowest BCUT2D eigenvalue weighted by Gasteiger charge is -2.32. The molecule has 0 atom stereocenters. The van der Waals surface area contributed by atoms with E-state index in [1.54, 1.807) is 0 Å². The van der Waals surface area contributed by atoms with E-state index in [9.17, 15) is 4.79 Å². The van der Waals surface area contributed by atoms with Gasteiger partial charge in [-0.1, -0.05) is 38.1 Å². The summed E-state index contributed by atoms with van der Waals surface area (Å²) in [5.74, 6) is 1.92. The van der Waals surface area contributed by atoms with Crippen LogP contribution >= 0.6 is 0 Å². The van der Waals surface area contributed by atoms with E-state index in [0.717, 1.165) is 45.5 Å². The van der Waals surface area contributed by atoms with E-state index in [0.29, 0.717) is 25.6 Å². The zero-order valence-corrected chi connectivity index (χ0v) is 22.5. The van der Waals surface area contributed by atoms with Crippen molar-refractivity contribution in [1.29, 1.82) is 0 Å². The molecule has 0 amide bonds. The van der Waals surface area contributed by atoms with Crippen LogP contribution in [0.15, 0.2) is 46.9 Å². The van der Waals surface area contributed by atoms with Crippen molar-refractivity contribution in [3.05, 3.63) is 59.4 Å². The predicted molar refractivity (Wildman–Crippen MR) is 142 cm³/mol. The van der Waals surface area contributed by atoms with Crippen molar-refractivity contribution < 1.29 is 28.0 Å². The molecule has 192 valence electrons. The second kappa shape index (κ2) is 10.3. The lowest BCUT2D eigenvalue weighted by molar-refractivity contribution is -0.140. The van der Waals surface area contributed by atoms with Crippen LogP contribution < -0.4 is 10.2 Å². The van der Waals surface area contributed by atoms with Gasteiger partial charge in [0.1, 0.15) is 23.7 Å². The van der Waals surface area contributed by atoms with Crippen LogP contribution in [0.2, 0.25) is 0 Å². The smallest absolute Gasteiger partial charge is 0.489 e. The number of carbonyl (C=O) groups excluding carboxylic acids is 1. The SMILES string of the molecule is CC(=O)OCCc1ccccc1OCc1cc(B2OC(C)(C)C(C)(C)O2)c2oc(CC(C)C)cc2c1. The molecule has 1 aliphatic rings. The fourth-order valence-corrected chi connectivity index (χ4v) is 4.35. The highest BCUT2D eigenvalue weighted by atomic mass is 16.7. The maximum absolute atomic E-state index is 11.1. The Hall–Kier alpha value is -2.77. The van der Waals surface area contributed by atoms with Gasteiger partial charge in [-0.3, -0.25) is 4.79 Å². The van der Waals surface area contributed by atoms with Crippen molar-refractivity contribution >= 4 is 29.5 Å². The fraction of sp³-hybridized carbons (Fsp3) is 0.483. The van der Waals surface area contributed by atoms with E-state index < -0.39 is 18.3 Å². The molecule has 1 aliphatic heterocycles. The van der Waals surface area contributed by atoms with Crippen LogP contribution in [0.3, 0.4) is 0 Å². The summed E-state index contributed by atoms with van der Waals surface area (Å²) in [6.07, 6.45) is 1.45. The number of hydrogen-bond donors (Lipinski definition) is 0. The van der Waals surface area contributed by atoms with Crippen molar-refractivity contribution in [3.8, 4) is 5.75 Å². The van der Waals surface area contributed by atoms with Crippen molar-refractivity contribution in [2.75, 3.05) is 6.61 Å². The van der Waals surface area contributed by atoms with Gasteiger partial charge >= 0.3 is 13.1 Å². The molecule has 0 radical (unpaired) electrons. The normalized spacial score (nSPS) is 16.6. The summed E-state index contributed by atoms with van der Waals surface area (Å²) in [5, 5.41) is 1.01. The number of esters is 1. The van der Waals surface area contributed by atoms with Crippen LogP contribution in [0, 0.1) is 5.92 Å². The molecule has 36 heavy (non-hydrogen) atoms. The molecule has 0 aliphatic carbocycles. The molecule has 2 heterocycles. The first-order valence-corrected chi connectivity index (χ1v) is 12.7. The standard InChI is InChI=1S/C29H37BO6/c1-19(2)14-24-17-23-15-21(18-33-26-11-9-8-10-22(26)12-13-32-20(3)31)16-25(27(23)34-24)30-35-28(4,5)29(6,7)36-30/h8-11,15-17,19H,12-14,18H2,1-7H3. The minimum atomic E-state index is -0.536. The first-order valence-electron chi connectivity index (χ1n) is 12.7. The number of furan rings is 1. The lowest BCUT2D eigenvalue weighted by Crippen LogP contribution is -2.41. The van der Waals surface area contributed by atoms with Gasteiger partial charge in [0, 0.05) is 30.6 Å². The summed E-state index contributed by atoms with van der Waals surface area (Å²) in [6.45, 7) is 14.7. The molecule has 1 fully saturated rings. The van der Waals surface area contributed by atoms with Gasteiger partial charge in [-0.05, 0) is 62.9 Å². The predicted octanol–water partition coefficient (Wildman–Crippen LogP) is 5.62. The fourth-order valence-electron chi connectivity index (χ4n) is 4.35. The second-order valence-corrected chi connectivity index (χ2v) is 11.0. The third kappa shape index (κ3) is 5.79. The summed E-state index contributed by atoms with van der Waals surface area (Å²) < 4.78 is 30.4. The van der Waals surface area contributed by atoms with E-state index in [4.69, 9.17) is 23.2 Å². The van der Waals surface area contributed by atoms with Crippen molar-refractivity contribution in [1.82, 2.24) is 0 Å². The summed E-state index contributed by atoms with van der Waals surface area (Å²) in [4.78, 5) is 11.1. The van der Waals surface area contributed by atoms with Gasteiger partial charge in [-0.2, -0.15) is 0 Å². The lowest BCUT2D eigenvalue weighted by atomic mass is 9.77. The van der Waals surface area contributed by atoms with Crippen LogP contribution in [0.5, 0.6) is 5.75 Å². The van der Waals surface area contributed by atoms with E-state index >= 15 is 0 Å². The van der Waals surface area contributed by atoms with Crippen LogP contribution in [0.1, 0.15) is 65.4 Å². The third-order valence-electron chi connectivity index (χ3n) is 6.92. The van der Waals surface area contributed by atoms with Gasteiger partial charge in [-0.15, -0.1) is 0 Å². The maximum atomic E-state index is 11.1. The average Bonchev–Trinajstić information content (AvgIpc) is 3.27. The largest absolute Gasteiger partial charge is 0.498 e. The number of fused-ring (bicyclic) bond motifs is 1. The molecule has 3 aromatic rings. The topological polar surface area (TPSA) is 67.1 Å². The van der Waals surface area contributed by atoms with Crippen molar-refractivity contribution in [3.63, 3.8) is 0 Å². The number of carbonyl (C=O) groups is 1. The average molecular weight is 492 g/mol. The van der Waals surface area contributed by atoms with Gasteiger partial charge < -0.3 is 23.2 Å². The maximum Gasteiger partial charge on any atom is 0.498 e. The Morgan fingerprint density at radius 1 is 1.03 bits per heavy atom. The monoisotopic (exact) mass is 492 g/mol. The van der Waals surface area contributed by atoms with E-state index in [1.807, 2.05) is 24.3 Å². The summed E-state index contributed by atoms with van der Waals surface area (Å²) in [7, 11) is -0.536. The highest BCUT2D eigenvalue weighted by molar-refractivity contribution is 6.64. The quantitative estimate of drug-likeness (QED) is 0.286. The Balaban J connectivity index is 1.63. The van der Waals surface area contributed by atoms with E-state index in [2.05, 4.69) is 59.7 Å². The summed E-state index contributed by atoms with van der Waals surface area (Å²) >= 11 is 0. The molecule has 0 spiro atoms. The van der Waals surface area contributed by atoms with Gasteiger partial charge in [0.05, 0.1) is 17.8 Å². The zero-order chi connectivity index (χ0) is 26.1. The van der Waals surface area contributed by atoms with E-state index in [-0.39, 0.29) is 5.97 Å². The Labute approximate surface area is 214 Å². The zero-order valence-electron chi connectivity index (χ0n) is 22.5. The van der Waals surface area contributed by atoms with Gasteiger partial charge in [0.2, 0.25) is 0 Å². The molecule has 0 unspecified atom stereocenters.